The van der Waals surface area contributed by atoms with E-state index in [1.54, 1.807) is 4.90 Å². The second kappa shape index (κ2) is 4.88. The number of amides is 1. The van der Waals surface area contributed by atoms with Crippen LogP contribution in [0.25, 0.3) is 0 Å². The van der Waals surface area contributed by atoms with Crippen molar-refractivity contribution in [3.05, 3.63) is 0 Å². The van der Waals surface area contributed by atoms with Gasteiger partial charge in [0.15, 0.2) is 0 Å². The highest BCUT2D eigenvalue weighted by Gasteiger charge is 2.20. The minimum absolute atomic E-state index is 0.175. The molecule has 0 unspecified atom stereocenters. The Labute approximate surface area is 79.3 Å². The van der Waals surface area contributed by atoms with Crippen LogP contribution in [0.5, 0.6) is 0 Å². The molecule has 1 aliphatic rings. The van der Waals surface area contributed by atoms with Gasteiger partial charge in [-0.15, -0.1) is 6.42 Å². The average molecular weight is 180 g/mol. The maximum absolute atomic E-state index is 11.1. The van der Waals surface area contributed by atoms with Crippen LogP contribution in [0.3, 0.4) is 0 Å². The summed E-state index contributed by atoms with van der Waals surface area (Å²) in [4.78, 5) is 12.8. The predicted molar refractivity (Wildman–Crippen MR) is 51.8 cm³/mol. The first-order valence-electron chi connectivity index (χ1n) is 4.73. The first-order valence-corrected chi connectivity index (χ1v) is 4.73. The minimum atomic E-state index is -0.175. The first kappa shape index (κ1) is 10.1. The third-order valence-electron chi connectivity index (χ3n) is 2.60. The SMILES string of the molecule is C#CC(=O)N1CCC(CCN)CC1. The van der Waals surface area contributed by atoms with E-state index in [9.17, 15) is 4.79 Å². The summed E-state index contributed by atoms with van der Waals surface area (Å²) in [5, 5.41) is 0. The van der Waals surface area contributed by atoms with Crippen LogP contribution in [0.2, 0.25) is 0 Å². The summed E-state index contributed by atoms with van der Waals surface area (Å²) in [5.41, 5.74) is 5.47. The largest absolute Gasteiger partial charge is 0.332 e. The third kappa shape index (κ3) is 2.74. The molecule has 0 radical (unpaired) electrons. The number of nitrogens with zero attached hydrogens (tertiary/aromatic N) is 1. The fourth-order valence-electron chi connectivity index (χ4n) is 1.75. The molecule has 1 saturated heterocycles. The van der Waals surface area contributed by atoms with Gasteiger partial charge >= 0.3 is 0 Å². The minimum Gasteiger partial charge on any atom is -0.332 e. The lowest BCUT2D eigenvalue weighted by Crippen LogP contribution is -2.38. The van der Waals surface area contributed by atoms with Gasteiger partial charge in [0, 0.05) is 13.1 Å². The molecule has 0 aliphatic carbocycles. The summed E-state index contributed by atoms with van der Waals surface area (Å²) in [6.07, 6.45) is 8.20. The van der Waals surface area contributed by atoms with E-state index in [1.807, 2.05) is 0 Å². The van der Waals surface area contributed by atoms with Gasteiger partial charge in [0.1, 0.15) is 0 Å². The van der Waals surface area contributed by atoms with Gasteiger partial charge in [0.25, 0.3) is 5.91 Å². The molecule has 0 bridgehead atoms. The van der Waals surface area contributed by atoms with Crippen LogP contribution in [-0.4, -0.2) is 30.4 Å². The molecule has 1 rings (SSSR count). The second-order valence-corrected chi connectivity index (χ2v) is 3.46. The summed E-state index contributed by atoms with van der Waals surface area (Å²) >= 11 is 0. The Morgan fingerprint density at radius 2 is 2.15 bits per heavy atom. The Balaban J connectivity index is 2.31. The molecular weight excluding hydrogens is 164 g/mol. The number of carbonyl (C=O) groups is 1. The number of likely N-dealkylation sites (tertiary alicyclic amines) is 1. The van der Waals surface area contributed by atoms with Gasteiger partial charge in [-0.05, 0) is 37.6 Å². The van der Waals surface area contributed by atoms with E-state index < -0.39 is 0 Å². The van der Waals surface area contributed by atoms with Crippen molar-refractivity contribution in [1.82, 2.24) is 4.90 Å². The fourth-order valence-corrected chi connectivity index (χ4v) is 1.75. The van der Waals surface area contributed by atoms with Gasteiger partial charge in [-0.3, -0.25) is 4.79 Å². The van der Waals surface area contributed by atoms with E-state index in [0.29, 0.717) is 5.92 Å². The molecule has 1 heterocycles. The summed E-state index contributed by atoms with van der Waals surface area (Å²) in [7, 11) is 0. The van der Waals surface area contributed by atoms with E-state index >= 15 is 0 Å². The quantitative estimate of drug-likeness (QED) is 0.617. The molecule has 1 fully saturated rings. The van der Waals surface area contributed by atoms with Crippen molar-refractivity contribution in [1.29, 1.82) is 0 Å². The molecule has 1 amide bonds. The maximum Gasteiger partial charge on any atom is 0.298 e. The number of hydrogen-bond acceptors (Lipinski definition) is 2. The van der Waals surface area contributed by atoms with Gasteiger partial charge < -0.3 is 10.6 Å². The van der Waals surface area contributed by atoms with Crippen molar-refractivity contribution in [2.45, 2.75) is 19.3 Å². The molecule has 0 aromatic heterocycles. The summed E-state index contributed by atoms with van der Waals surface area (Å²) in [6, 6.07) is 0. The summed E-state index contributed by atoms with van der Waals surface area (Å²) in [5.74, 6) is 2.66. The Morgan fingerprint density at radius 3 is 2.62 bits per heavy atom. The number of rotatable bonds is 2. The lowest BCUT2D eigenvalue weighted by molar-refractivity contribution is -0.126. The molecule has 2 N–H and O–H groups in total. The lowest BCUT2D eigenvalue weighted by Gasteiger charge is -2.30. The summed E-state index contributed by atoms with van der Waals surface area (Å²) in [6.45, 7) is 2.34. The molecule has 3 nitrogen and oxygen atoms in total. The zero-order chi connectivity index (χ0) is 9.68. The number of terminal acetylenes is 1. The second-order valence-electron chi connectivity index (χ2n) is 3.46. The van der Waals surface area contributed by atoms with E-state index in [1.165, 1.54) is 0 Å². The maximum atomic E-state index is 11.1. The Morgan fingerprint density at radius 1 is 1.54 bits per heavy atom. The Kier molecular flexibility index (Phi) is 3.78. The third-order valence-corrected chi connectivity index (χ3v) is 2.60. The zero-order valence-electron chi connectivity index (χ0n) is 7.83. The van der Waals surface area contributed by atoms with Crippen molar-refractivity contribution < 1.29 is 4.79 Å². The van der Waals surface area contributed by atoms with Crippen LogP contribution >= 0.6 is 0 Å². The van der Waals surface area contributed by atoms with Crippen LogP contribution in [0, 0.1) is 18.3 Å². The molecule has 0 spiro atoms. The van der Waals surface area contributed by atoms with Crippen molar-refractivity contribution in [2.24, 2.45) is 11.7 Å². The molecule has 0 atom stereocenters. The molecule has 0 aromatic rings. The van der Waals surface area contributed by atoms with Crippen molar-refractivity contribution in [3.8, 4) is 12.3 Å². The molecule has 0 aromatic carbocycles. The van der Waals surface area contributed by atoms with Gasteiger partial charge in [0.2, 0.25) is 0 Å². The van der Waals surface area contributed by atoms with Gasteiger partial charge in [0.05, 0.1) is 0 Å². The molecule has 1 aliphatic heterocycles. The highest BCUT2D eigenvalue weighted by atomic mass is 16.2. The van der Waals surface area contributed by atoms with Crippen LogP contribution in [0.1, 0.15) is 19.3 Å². The molecule has 0 saturated carbocycles. The predicted octanol–water partition coefficient (Wildman–Crippen LogP) is 0.207. The van der Waals surface area contributed by atoms with Gasteiger partial charge in [-0.1, -0.05) is 0 Å². The van der Waals surface area contributed by atoms with Crippen LogP contribution in [0.15, 0.2) is 0 Å². The van der Waals surface area contributed by atoms with Crippen LogP contribution in [-0.2, 0) is 4.79 Å². The Bertz CT molecular complexity index is 211. The normalized spacial score (nSPS) is 18.3. The van der Waals surface area contributed by atoms with Crippen LogP contribution in [0.4, 0.5) is 0 Å². The van der Waals surface area contributed by atoms with E-state index in [-0.39, 0.29) is 5.91 Å². The van der Waals surface area contributed by atoms with Gasteiger partial charge in [-0.25, -0.2) is 0 Å². The average Bonchev–Trinajstić information content (AvgIpc) is 2.18. The van der Waals surface area contributed by atoms with Crippen LogP contribution < -0.4 is 5.73 Å². The number of carbonyl (C=O) groups excluding carboxylic acids is 1. The fraction of sp³-hybridized carbons (Fsp3) is 0.700. The highest BCUT2D eigenvalue weighted by molar-refractivity contribution is 5.92. The van der Waals surface area contributed by atoms with E-state index in [0.717, 1.165) is 38.9 Å². The number of piperidine rings is 1. The number of hydrogen-bond donors (Lipinski definition) is 1. The summed E-state index contributed by atoms with van der Waals surface area (Å²) < 4.78 is 0. The topological polar surface area (TPSA) is 46.3 Å². The van der Waals surface area contributed by atoms with E-state index in [4.69, 9.17) is 12.2 Å². The zero-order valence-corrected chi connectivity index (χ0v) is 7.83. The number of nitrogens with two attached hydrogens (primary N) is 1. The monoisotopic (exact) mass is 180 g/mol. The van der Waals surface area contributed by atoms with Crippen molar-refractivity contribution in [3.63, 3.8) is 0 Å². The van der Waals surface area contributed by atoms with Crippen molar-refractivity contribution >= 4 is 5.91 Å². The Hall–Kier alpha value is -1.01. The first-order chi connectivity index (χ1) is 6.27. The molecular formula is C10H16N2O. The molecule has 72 valence electrons. The van der Waals surface area contributed by atoms with Crippen molar-refractivity contribution in [2.75, 3.05) is 19.6 Å². The smallest absolute Gasteiger partial charge is 0.298 e. The highest BCUT2D eigenvalue weighted by Crippen LogP contribution is 2.19. The molecule has 3 heteroatoms. The standard InChI is InChI=1S/C10H16N2O/c1-2-10(13)12-7-4-9(3-6-11)5-8-12/h1,9H,3-8,11H2. The molecule has 13 heavy (non-hydrogen) atoms. The lowest BCUT2D eigenvalue weighted by atomic mass is 9.94. The van der Waals surface area contributed by atoms with E-state index in [2.05, 4.69) is 5.92 Å². The van der Waals surface area contributed by atoms with Gasteiger partial charge in [-0.2, -0.15) is 0 Å².